The molecule has 0 unspecified atom stereocenters. The number of fused-ring (bicyclic) bond motifs is 4. The van der Waals surface area contributed by atoms with Gasteiger partial charge >= 0.3 is 6.01 Å². The van der Waals surface area contributed by atoms with Gasteiger partial charge < -0.3 is 24.8 Å². The van der Waals surface area contributed by atoms with Gasteiger partial charge in [-0.2, -0.15) is 9.97 Å². The Morgan fingerprint density at radius 2 is 2.07 bits per heavy atom. The lowest BCUT2D eigenvalue weighted by molar-refractivity contribution is 0.107. The average molecular weight is 701 g/mol. The van der Waals surface area contributed by atoms with E-state index in [1.807, 2.05) is 24.3 Å². The van der Waals surface area contributed by atoms with E-state index in [1.165, 1.54) is 6.07 Å². The summed E-state index contributed by atoms with van der Waals surface area (Å²) >= 11 is 2.36. The van der Waals surface area contributed by atoms with Crippen LogP contribution in [0.1, 0.15) is 19.3 Å². The van der Waals surface area contributed by atoms with Crippen molar-refractivity contribution in [2.75, 3.05) is 48.7 Å². The average Bonchev–Trinajstić information content (AvgIpc) is 3.48. The van der Waals surface area contributed by atoms with Crippen molar-refractivity contribution in [2.45, 2.75) is 43.1 Å². The maximum absolute atomic E-state index is 16.8. The number of hydrogen-bond acceptors (Lipinski definition) is 9. The maximum atomic E-state index is 16.8. The number of nitrogens with one attached hydrogen (secondary N) is 1. The van der Waals surface area contributed by atoms with Crippen LogP contribution in [0.4, 0.5) is 14.6 Å². The van der Waals surface area contributed by atoms with E-state index in [-0.39, 0.29) is 47.5 Å². The molecule has 2 aromatic carbocycles. The van der Waals surface area contributed by atoms with Crippen molar-refractivity contribution >= 4 is 50.1 Å². The molecule has 3 saturated heterocycles. The lowest BCUT2D eigenvalue weighted by Gasteiger charge is -2.40. The molecule has 4 aliphatic heterocycles. The predicted octanol–water partition coefficient (Wildman–Crippen LogP) is 4.62. The molecule has 0 saturated carbocycles. The van der Waals surface area contributed by atoms with E-state index in [9.17, 15) is 9.50 Å². The molecule has 224 valence electrons. The number of nitrogens with zero attached hydrogens (tertiary/aromatic N) is 5. The van der Waals surface area contributed by atoms with Crippen molar-refractivity contribution in [3.63, 3.8) is 0 Å². The van der Waals surface area contributed by atoms with Gasteiger partial charge in [0.25, 0.3) is 0 Å². The minimum Gasteiger partial charge on any atom is -0.508 e. The number of ether oxygens (including phenoxy) is 2. The normalized spacial score (nSPS) is 26.8. The number of anilines is 1. The summed E-state index contributed by atoms with van der Waals surface area (Å²) in [6.07, 6.45) is 1.36. The second-order valence-electron chi connectivity index (χ2n) is 12.0. The van der Waals surface area contributed by atoms with Crippen molar-refractivity contribution in [3.05, 3.63) is 42.2 Å². The molecule has 4 aliphatic rings. The van der Waals surface area contributed by atoms with Gasteiger partial charge in [-0.05, 0) is 42.3 Å². The Kier molecular flexibility index (Phi) is 6.71. The van der Waals surface area contributed by atoms with Crippen LogP contribution in [0.15, 0.2) is 36.4 Å². The predicted molar refractivity (Wildman–Crippen MR) is 168 cm³/mol. The van der Waals surface area contributed by atoms with Crippen molar-refractivity contribution in [2.24, 2.45) is 0 Å². The summed E-state index contributed by atoms with van der Waals surface area (Å²) in [5, 5.41) is 16.0. The van der Waals surface area contributed by atoms with Crippen molar-refractivity contribution in [3.8, 4) is 28.9 Å². The zero-order valence-electron chi connectivity index (χ0n) is 23.4. The third-order valence-corrected chi connectivity index (χ3v) is 10.4. The van der Waals surface area contributed by atoms with Gasteiger partial charge in [-0.3, -0.25) is 4.90 Å². The summed E-state index contributed by atoms with van der Waals surface area (Å²) in [6, 6.07) is 10.7. The van der Waals surface area contributed by atoms with Crippen LogP contribution in [0.25, 0.3) is 32.9 Å². The molecular weight excluding hydrogens is 669 g/mol. The van der Waals surface area contributed by atoms with Gasteiger partial charge in [-0.15, -0.1) is 0 Å². The second-order valence-corrected chi connectivity index (χ2v) is 12.9. The fourth-order valence-corrected chi connectivity index (χ4v) is 8.38. The van der Waals surface area contributed by atoms with Crippen molar-refractivity contribution < 1.29 is 23.4 Å². The molecule has 4 atom stereocenters. The molecule has 0 spiro atoms. The topological polar surface area (TPSA) is 95.9 Å². The number of rotatable bonds is 5. The van der Waals surface area contributed by atoms with E-state index in [2.05, 4.69) is 42.7 Å². The van der Waals surface area contributed by atoms with Gasteiger partial charge in [0.05, 0.1) is 11.6 Å². The third-order valence-electron chi connectivity index (χ3n) is 9.50. The number of phenols is 1. The minimum absolute atomic E-state index is 0.00498. The maximum Gasteiger partial charge on any atom is 0.319 e. The molecule has 3 fully saturated rings. The lowest BCUT2D eigenvalue weighted by atomic mass is 9.95. The highest BCUT2D eigenvalue weighted by Gasteiger charge is 2.49. The number of phenolic OH excluding ortho intramolecular Hbond substituents is 1. The van der Waals surface area contributed by atoms with E-state index in [0.717, 1.165) is 41.1 Å². The molecular formula is C31H31F2IN6O3. The first kappa shape index (κ1) is 27.4. The summed E-state index contributed by atoms with van der Waals surface area (Å²) < 4.78 is 44.7. The Morgan fingerprint density at radius 3 is 2.95 bits per heavy atom. The van der Waals surface area contributed by atoms with Gasteiger partial charge in [-0.25, -0.2) is 13.8 Å². The van der Waals surface area contributed by atoms with Gasteiger partial charge in [0.1, 0.15) is 47.5 Å². The molecule has 2 N–H and O–H groups in total. The minimum atomic E-state index is -0.888. The zero-order valence-corrected chi connectivity index (χ0v) is 25.6. The molecule has 0 aliphatic carbocycles. The van der Waals surface area contributed by atoms with Crippen molar-refractivity contribution in [1.82, 2.24) is 25.2 Å². The van der Waals surface area contributed by atoms with Gasteiger partial charge in [0.15, 0.2) is 5.82 Å². The number of aromatic nitrogens is 3. The quantitative estimate of drug-likeness (QED) is 0.229. The first-order chi connectivity index (χ1) is 20.9. The van der Waals surface area contributed by atoms with Gasteiger partial charge in [0, 0.05) is 42.1 Å². The summed E-state index contributed by atoms with van der Waals surface area (Å²) in [5.74, 6) is 0.142. The van der Waals surface area contributed by atoms with Gasteiger partial charge in [-0.1, -0.05) is 46.9 Å². The highest BCUT2D eigenvalue weighted by Crippen LogP contribution is 2.44. The van der Waals surface area contributed by atoms with E-state index in [4.69, 9.17) is 19.4 Å². The number of alkyl halides is 2. The Balaban J connectivity index is 1.30. The number of piperazine rings is 1. The first-order valence-corrected chi connectivity index (χ1v) is 16.3. The van der Waals surface area contributed by atoms with Crippen LogP contribution in [-0.4, -0.2) is 92.6 Å². The summed E-state index contributed by atoms with van der Waals surface area (Å²) in [6.45, 7) is 3.21. The van der Waals surface area contributed by atoms with Crippen LogP contribution in [0.3, 0.4) is 0 Å². The summed E-state index contributed by atoms with van der Waals surface area (Å²) in [4.78, 5) is 18.6. The number of benzene rings is 2. The van der Waals surface area contributed by atoms with E-state index >= 15 is 4.39 Å². The molecule has 9 nitrogen and oxygen atoms in total. The molecule has 12 heteroatoms. The Labute approximate surface area is 260 Å². The van der Waals surface area contributed by atoms with Crippen LogP contribution in [0.2, 0.25) is 0 Å². The lowest BCUT2D eigenvalue weighted by Crippen LogP contribution is -2.60. The summed E-state index contributed by atoms with van der Waals surface area (Å²) in [5.41, 5.74) is 0.122. The van der Waals surface area contributed by atoms with E-state index in [0.29, 0.717) is 42.9 Å². The molecule has 2 aromatic heterocycles. The Morgan fingerprint density at radius 1 is 1.19 bits per heavy atom. The zero-order chi connectivity index (χ0) is 29.3. The molecule has 0 bridgehead atoms. The summed E-state index contributed by atoms with van der Waals surface area (Å²) in [7, 11) is 0. The first-order valence-electron chi connectivity index (χ1n) is 14.8. The Hall–Kier alpha value is -3.10. The van der Waals surface area contributed by atoms with E-state index in [1.54, 1.807) is 6.07 Å². The van der Waals surface area contributed by atoms with Crippen LogP contribution in [0, 0.1) is 5.82 Å². The molecule has 6 heterocycles. The Bertz CT molecular complexity index is 1750. The molecule has 43 heavy (non-hydrogen) atoms. The second kappa shape index (κ2) is 10.5. The SMILES string of the molecule is Oc1cc(-c2nc3c4c(nc(OC[C@@]56CCCN5C[C@H](F)C6)nc4c2F)N2CCN[C@@H](CI)[C@@H]2CO3)c2ccccc2c1. The standard InChI is InChI=1S/C31H31F2IN6O3/c32-18-12-31(6-3-8-39(31)14-18)16-43-30-37-27-24-28(38-30)40-9-7-35-22(13-34)23(40)15-42-29(24)36-26(25(27)33)21-11-19(41)10-17-4-1-2-5-20(17)21/h1-2,4-5,10-11,18,22-23,35,41H,3,6-9,12-16H2/t18-,22+,23+,31+/m1/s1. The molecule has 0 radical (unpaired) electrons. The van der Waals surface area contributed by atoms with Crippen LogP contribution < -0.4 is 19.7 Å². The highest BCUT2D eigenvalue weighted by molar-refractivity contribution is 14.1. The number of halogens is 3. The largest absolute Gasteiger partial charge is 0.508 e. The third kappa shape index (κ3) is 4.47. The molecule has 0 amide bonds. The monoisotopic (exact) mass is 700 g/mol. The van der Waals surface area contributed by atoms with E-state index < -0.39 is 17.5 Å². The van der Waals surface area contributed by atoms with Crippen LogP contribution >= 0.6 is 22.6 Å². The highest BCUT2D eigenvalue weighted by atomic mass is 127. The number of pyridine rings is 1. The smallest absolute Gasteiger partial charge is 0.319 e. The van der Waals surface area contributed by atoms with Crippen LogP contribution in [0.5, 0.6) is 17.6 Å². The number of hydrogen-bond donors (Lipinski definition) is 2. The fraction of sp³-hybridized carbons (Fsp3) is 0.452. The fourth-order valence-electron chi connectivity index (χ4n) is 7.48. The van der Waals surface area contributed by atoms with Gasteiger partial charge in [0.2, 0.25) is 5.88 Å². The van der Waals surface area contributed by atoms with Crippen LogP contribution in [-0.2, 0) is 0 Å². The number of aromatic hydroxyl groups is 1. The van der Waals surface area contributed by atoms with Crippen molar-refractivity contribution in [1.29, 1.82) is 0 Å². The molecule has 4 aromatic rings. The molecule has 8 rings (SSSR count).